The van der Waals surface area contributed by atoms with Gasteiger partial charge in [-0.2, -0.15) is 0 Å². The molecule has 82 valence electrons. The molecule has 1 nitrogen and oxygen atoms in total. The van der Waals surface area contributed by atoms with Crippen LogP contribution in [0, 0.1) is 5.92 Å². The van der Waals surface area contributed by atoms with Crippen molar-refractivity contribution in [3.05, 3.63) is 34.3 Å². The summed E-state index contributed by atoms with van der Waals surface area (Å²) in [6.45, 7) is 4.29. The molecule has 0 spiro atoms. The van der Waals surface area contributed by atoms with Crippen molar-refractivity contribution in [3.8, 4) is 0 Å². The van der Waals surface area contributed by atoms with E-state index in [0.29, 0.717) is 24.5 Å². The van der Waals surface area contributed by atoms with Crippen molar-refractivity contribution in [3.63, 3.8) is 0 Å². The second kappa shape index (κ2) is 6.06. The molecule has 1 aromatic rings. The predicted molar refractivity (Wildman–Crippen MR) is 66.9 cm³/mol. The SMILES string of the molecule is CC(C)CCC(=O)Cc1ccccc1Br. The number of hydrogen-bond donors (Lipinski definition) is 0. The van der Waals surface area contributed by atoms with Crippen LogP contribution in [0.15, 0.2) is 28.7 Å². The lowest BCUT2D eigenvalue weighted by Gasteiger charge is -2.05. The summed E-state index contributed by atoms with van der Waals surface area (Å²) in [6, 6.07) is 7.91. The van der Waals surface area contributed by atoms with E-state index >= 15 is 0 Å². The number of ketones is 1. The Kier molecular flexibility index (Phi) is 5.03. The van der Waals surface area contributed by atoms with Gasteiger partial charge in [-0.25, -0.2) is 0 Å². The molecule has 0 fully saturated rings. The standard InChI is InChI=1S/C13H17BrO/c1-10(2)7-8-12(15)9-11-5-3-4-6-13(11)14/h3-6,10H,7-9H2,1-2H3. The zero-order valence-electron chi connectivity index (χ0n) is 9.29. The van der Waals surface area contributed by atoms with Crippen molar-refractivity contribution in [1.82, 2.24) is 0 Å². The molecule has 2 heteroatoms. The van der Waals surface area contributed by atoms with Gasteiger partial charge in [-0.3, -0.25) is 4.79 Å². The lowest BCUT2D eigenvalue weighted by atomic mass is 10.0. The Labute approximate surface area is 100 Å². The molecule has 0 aliphatic carbocycles. The van der Waals surface area contributed by atoms with Gasteiger partial charge in [0.25, 0.3) is 0 Å². The third kappa shape index (κ3) is 4.61. The second-order valence-corrected chi connectivity index (χ2v) is 5.09. The van der Waals surface area contributed by atoms with E-state index < -0.39 is 0 Å². The van der Waals surface area contributed by atoms with Crippen LogP contribution in [0.1, 0.15) is 32.3 Å². The number of benzene rings is 1. The van der Waals surface area contributed by atoms with Crippen LogP contribution in [-0.2, 0) is 11.2 Å². The van der Waals surface area contributed by atoms with Gasteiger partial charge in [-0.15, -0.1) is 0 Å². The largest absolute Gasteiger partial charge is 0.299 e. The molecule has 0 bridgehead atoms. The van der Waals surface area contributed by atoms with Gasteiger partial charge in [-0.05, 0) is 24.0 Å². The van der Waals surface area contributed by atoms with Gasteiger partial charge < -0.3 is 0 Å². The van der Waals surface area contributed by atoms with Crippen molar-refractivity contribution >= 4 is 21.7 Å². The monoisotopic (exact) mass is 268 g/mol. The van der Waals surface area contributed by atoms with Crippen LogP contribution < -0.4 is 0 Å². The quantitative estimate of drug-likeness (QED) is 0.789. The van der Waals surface area contributed by atoms with E-state index in [1.54, 1.807) is 0 Å². The minimum Gasteiger partial charge on any atom is -0.299 e. The Balaban J connectivity index is 2.48. The van der Waals surface area contributed by atoms with E-state index in [2.05, 4.69) is 29.8 Å². The van der Waals surface area contributed by atoms with E-state index in [0.717, 1.165) is 16.5 Å². The maximum absolute atomic E-state index is 11.6. The maximum Gasteiger partial charge on any atom is 0.137 e. The molecule has 0 atom stereocenters. The molecule has 0 aromatic heterocycles. The fraction of sp³-hybridized carbons (Fsp3) is 0.462. The molecule has 0 N–H and O–H groups in total. The predicted octanol–water partition coefficient (Wildman–Crippen LogP) is 4.00. The lowest BCUT2D eigenvalue weighted by Crippen LogP contribution is -2.04. The summed E-state index contributed by atoms with van der Waals surface area (Å²) < 4.78 is 1.03. The van der Waals surface area contributed by atoms with Gasteiger partial charge in [0.15, 0.2) is 0 Å². The Morgan fingerprint density at radius 1 is 1.33 bits per heavy atom. The summed E-state index contributed by atoms with van der Waals surface area (Å²) in [5.74, 6) is 0.934. The van der Waals surface area contributed by atoms with Gasteiger partial charge >= 0.3 is 0 Å². The summed E-state index contributed by atoms with van der Waals surface area (Å²) >= 11 is 3.45. The fourth-order valence-corrected chi connectivity index (χ4v) is 1.82. The smallest absolute Gasteiger partial charge is 0.137 e. The maximum atomic E-state index is 11.6. The highest BCUT2D eigenvalue weighted by atomic mass is 79.9. The number of Topliss-reactive ketones (excluding diaryl/α,β-unsaturated/α-hetero) is 1. The molecule has 0 amide bonds. The second-order valence-electron chi connectivity index (χ2n) is 4.24. The summed E-state index contributed by atoms with van der Waals surface area (Å²) in [4.78, 5) is 11.6. The number of carbonyl (C=O) groups is 1. The van der Waals surface area contributed by atoms with Crippen LogP contribution in [0.3, 0.4) is 0 Å². The molecule has 0 aliphatic rings. The van der Waals surface area contributed by atoms with E-state index in [4.69, 9.17) is 0 Å². The highest BCUT2D eigenvalue weighted by molar-refractivity contribution is 9.10. The summed E-state index contributed by atoms with van der Waals surface area (Å²) in [6.07, 6.45) is 2.23. The Hall–Kier alpha value is -0.630. The number of halogens is 1. The third-order valence-electron chi connectivity index (χ3n) is 2.35. The summed E-state index contributed by atoms with van der Waals surface area (Å²) in [5.41, 5.74) is 1.09. The first-order valence-electron chi connectivity index (χ1n) is 5.34. The van der Waals surface area contributed by atoms with Crippen LogP contribution >= 0.6 is 15.9 Å². The first-order valence-corrected chi connectivity index (χ1v) is 6.14. The van der Waals surface area contributed by atoms with Crippen molar-refractivity contribution in [2.75, 3.05) is 0 Å². The van der Waals surface area contributed by atoms with Gasteiger partial charge in [-0.1, -0.05) is 48.0 Å². The molecule has 1 rings (SSSR count). The molecule has 0 heterocycles. The summed E-state index contributed by atoms with van der Waals surface area (Å²) in [7, 11) is 0. The zero-order chi connectivity index (χ0) is 11.3. The average Bonchev–Trinajstić information content (AvgIpc) is 2.18. The molecule has 0 aliphatic heterocycles. The number of hydrogen-bond acceptors (Lipinski definition) is 1. The van der Waals surface area contributed by atoms with Gasteiger partial charge in [0.05, 0.1) is 0 Å². The van der Waals surface area contributed by atoms with Crippen molar-refractivity contribution < 1.29 is 4.79 Å². The van der Waals surface area contributed by atoms with E-state index in [-0.39, 0.29) is 0 Å². The lowest BCUT2D eigenvalue weighted by molar-refractivity contribution is -0.118. The van der Waals surface area contributed by atoms with Crippen molar-refractivity contribution in [2.24, 2.45) is 5.92 Å². The van der Waals surface area contributed by atoms with Crippen molar-refractivity contribution in [1.29, 1.82) is 0 Å². The Morgan fingerprint density at radius 2 is 2.00 bits per heavy atom. The molecule has 1 aromatic carbocycles. The topological polar surface area (TPSA) is 17.1 Å². The molecule has 0 saturated heterocycles. The summed E-state index contributed by atoms with van der Waals surface area (Å²) in [5, 5.41) is 0. The minimum absolute atomic E-state index is 0.329. The Morgan fingerprint density at radius 3 is 2.60 bits per heavy atom. The third-order valence-corrected chi connectivity index (χ3v) is 3.12. The normalized spacial score (nSPS) is 10.7. The molecule has 0 radical (unpaired) electrons. The molecular weight excluding hydrogens is 252 g/mol. The molecule has 15 heavy (non-hydrogen) atoms. The number of carbonyl (C=O) groups excluding carboxylic acids is 1. The molecule has 0 unspecified atom stereocenters. The van der Waals surface area contributed by atoms with Crippen LogP contribution in [0.4, 0.5) is 0 Å². The van der Waals surface area contributed by atoms with Crippen LogP contribution in [0.25, 0.3) is 0 Å². The van der Waals surface area contributed by atoms with Gasteiger partial charge in [0.1, 0.15) is 5.78 Å². The Bertz CT molecular complexity index is 331. The molecule has 0 saturated carbocycles. The van der Waals surface area contributed by atoms with Crippen LogP contribution in [0.5, 0.6) is 0 Å². The highest BCUT2D eigenvalue weighted by Gasteiger charge is 2.07. The van der Waals surface area contributed by atoms with Crippen LogP contribution in [-0.4, -0.2) is 5.78 Å². The van der Waals surface area contributed by atoms with E-state index in [1.165, 1.54) is 0 Å². The highest BCUT2D eigenvalue weighted by Crippen LogP contribution is 2.17. The average molecular weight is 269 g/mol. The minimum atomic E-state index is 0.329. The van der Waals surface area contributed by atoms with E-state index in [9.17, 15) is 4.79 Å². The van der Waals surface area contributed by atoms with Gasteiger partial charge in [0.2, 0.25) is 0 Å². The van der Waals surface area contributed by atoms with Gasteiger partial charge in [0, 0.05) is 17.3 Å². The van der Waals surface area contributed by atoms with Crippen molar-refractivity contribution in [2.45, 2.75) is 33.1 Å². The first-order chi connectivity index (χ1) is 7.09. The number of rotatable bonds is 5. The van der Waals surface area contributed by atoms with E-state index in [1.807, 2.05) is 24.3 Å². The fourth-order valence-electron chi connectivity index (χ4n) is 1.39. The zero-order valence-corrected chi connectivity index (χ0v) is 10.9. The molecular formula is C13H17BrO. The first kappa shape index (κ1) is 12.4. The van der Waals surface area contributed by atoms with Crippen LogP contribution in [0.2, 0.25) is 0 Å².